The third-order valence-corrected chi connectivity index (χ3v) is 3.59. The highest BCUT2D eigenvalue weighted by Crippen LogP contribution is 2.34. The lowest BCUT2D eigenvalue weighted by atomic mass is 10.2. The number of hydrogen-bond acceptors (Lipinski definition) is 1. The highest BCUT2D eigenvalue weighted by molar-refractivity contribution is 9.10. The van der Waals surface area contributed by atoms with E-state index in [0.29, 0.717) is 0 Å². The van der Waals surface area contributed by atoms with E-state index in [1.807, 2.05) is 24.3 Å². The molecule has 0 atom stereocenters. The van der Waals surface area contributed by atoms with Crippen LogP contribution in [0.2, 0.25) is 0 Å². The standard InChI is InChI=1S/C11H7BrF2S/c12-8-3-1-2-7(6-8)9-4-5-10(15-9)11(13)14/h1-6,11H. The maximum atomic E-state index is 12.4. The van der Waals surface area contributed by atoms with Gasteiger partial charge in [-0.25, -0.2) is 8.78 Å². The van der Waals surface area contributed by atoms with Gasteiger partial charge in [-0.05, 0) is 29.8 Å². The lowest BCUT2D eigenvalue weighted by molar-refractivity contribution is 0.155. The van der Waals surface area contributed by atoms with Gasteiger partial charge in [-0.3, -0.25) is 0 Å². The van der Waals surface area contributed by atoms with Crippen molar-refractivity contribution in [1.29, 1.82) is 0 Å². The first kappa shape index (κ1) is 10.8. The molecule has 0 saturated heterocycles. The molecule has 15 heavy (non-hydrogen) atoms. The Morgan fingerprint density at radius 2 is 1.93 bits per heavy atom. The lowest BCUT2D eigenvalue weighted by Crippen LogP contribution is -1.73. The van der Waals surface area contributed by atoms with E-state index in [1.165, 1.54) is 6.07 Å². The molecule has 0 saturated carbocycles. The molecule has 0 bridgehead atoms. The molecule has 1 heterocycles. The minimum atomic E-state index is -2.38. The Balaban J connectivity index is 2.37. The largest absolute Gasteiger partial charge is 0.272 e. The zero-order valence-electron chi connectivity index (χ0n) is 7.58. The molecular weight excluding hydrogens is 282 g/mol. The van der Waals surface area contributed by atoms with Gasteiger partial charge in [0, 0.05) is 9.35 Å². The third-order valence-electron chi connectivity index (χ3n) is 1.95. The van der Waals surface area contributed by atoms with Crippen LogP contribution in [0.25, 0.3) is 10.4 Å². The molecule has 0 N–H and O–H groups in total. The zero-order valence-corrected chi connectivity index (χ0v) is 9.99. The number of rotatable bonds is 2. The normalized spacial score (nSPS) is 10.9. The van der Waals surface area contributed by atoms with E-state index in [-0.39, 0.29) is 4.88 Å². The van der Waals surface area contributed by atoms with Crippen molar-refractivity contribution in [2.75, 3.05) is 0 Å². The number of hydrogen-bond donors (Lipinski definition) is 0. The summed E-state index contributed by atoms with van der Waals surface area (Å²) in [6, 6.07) is 10.8. The van der Waals surface area contributed by atoms with Gasteiger partial charge in [-0.1, -0.05) is 28.1 Å². The maximum absolute atomic E-state index is 12.4. The van der Waals surface area contributed by atoms with E-state index < -0.39 is 6.43 Å². The van der Waals surface area contributed by atoms with Gasteiger partial charge in [0.05, 0.1) is 4.88 Å². The molecule has 2 aromatic rings. The monoisotopic (exact) mass is 288 g/mol. The SMILES string of the molecule is FC(F)c1ccc(-c2cccc(Br)c2)s1. The van der Waals surface area contributed by atoms with Crippen LogP contribution in [0.3, 0.4) is 0 Å². The number of benzene rings is 1. The van der Waals surface area contributed by atoms with Crippen molar-refractivity contribution >= 4 is 27.3 Å². The first-order valence-corrected chi connectivity index (χ1v) is 5.91. The van der Waals surface area contributed by atoms with E-state index in [9.17, 15) is 8.78 Å². The summed E-state index contributed by atoms with van der Waals surface area (Å²) in [6.45, 7) is 0. The minimum Gasteiger partial charge on any atom is -0.204 e. The highest BCUT2D eigenvalue weighted by atomic mass is 79.9. The fourth-order valence-corrected chi connectivity index (χ4v) is 2.53. The second kappa shape index (κ2) is 4.41. The van der Waals surface area contributed by atoms with Crippen molar-refractivity contribution in [3.8, 4) is 10.4 Å². The fourth-order valence-electron chi connectivity index (χ4n) is 1.27. The molecule has 0 spiro atoms. The van der Waals surface area contributed by atoms with Crippen molar-refractivity contribution in [2.45, 2.75) is 6.43 Å². The summed E-state index contributed by atoms with van der Waals surface area (Å²) in [7, 11) is 0. The molecule has 78 valence electrons. The van der Waals surface area contributed by atoms with Crippen molar-refractivity contribution in [3.05, 3.63) is 45.7 Å². The molecule has 0 aliphatic rings. The molecule has 0 radical (unpaired) electrons. The van der Waals surface area contributed by atoms with Crippen LogP contribution in [0.1, 0.15) is 11.3 Å². The van der Waals surface area contributed by atoms with Gasteiger partial charge < -0.3 is 0 Å². The van der Waals surface area contributed by atoms with Gasteiger partial charge in [0.25, 0.3) is 6.43 Å². The van der Waals surface area contributed by atoms with E-state index in [1.54, 1.807) is 6.07 Å². The minimum absolute atomic E-state index is 0.116. The molecule has 0 nitrogen and oxygen atoms in total. The predicted octanol–water partition coefficient (Wildman–Crippen LogP) is 5.12. The Morgan fingerprint density at radius 3 is 2.53 bits per heavy atom. The van der Waals surface area contributed by atoms with Crippen LogP contribution < -0.4 is 0 Å². The smallest absolute Gasteiger partial charge is 0.204 e. The van der Waals surface area contributed by atoms with E-state index in [4.69, 9.17) is 0 Å². The van der Waals surface area contributed by atoms with Crippen LogP contribution >= 0.6 is 27.3 Å². The Morgan fingerprint density at radius 1 is 1.13 bits per heavy atom. The van der Waals surface area contributed by atoms with Gasteiger partial charge in [0.2, 0.25) is 0 Å². The van der Waals surface area contributed by atoms with E-state index >= 15 is 0 Å². The first-order valence-electron chi connectivity index (χ1n) is 4.30. The lowest BCUT2D eigenvalue weighted by Gasteiger charge is -1.97. The van der Waals surface area contributed by atoms with Gasteiger partial charge in [0.1, 0.15) is 0 Å². The van der Waals surface area contributed by atoms with Crippen LogP contribution in [0.15, 0.2) is 40.9 Å². The molecule has 4 heteroatoms. The second-order valence-electron chi connectivity index (χ2n) is 3.01. The van der Waals surface area contributed by atoms with Crippen molar-refractivity contribution in [2.24, 2.45) is 0 Å². The van der Waals surface area contributed by atoms with E-state index in [2.05, 4.69) is 15.9 Å². The van der Waals surface area contributed by atoms with Gasteiger partial charge in [0.15, 0.2) is 0 Å². The third kappa shape index (κ3) is 2.44. The Hall–Kier alpha value is -0.740. The topological polar surface area (TPSA) is 0 Å². The summed E-state index contributed by atoms with van der Waals surface area (Å²) < 4.78 is 25.7. The van der Waals surface area contributed by atoms with Gasteiger partial charge in [-0.15, -0.1) is 11.3 Å². The van der Waals surface area contributed by atoms with Crippen molar-refractivity contribution in [1.82, 2.24) is 0 Å². The Kier molecular flexibility index (Phi) is 3.17. The first-order chi connectivity index (χ1) is 7.16. The quantitative estimate of drug-likeness (QED) is 0.720. The molecule has 0 aliphatic heterocycles. The summed E-state index contributed by atoms with van der Waals surface area (Å²) >= 11 is 4.48. The summed E-state index contributed by atoms with van der Waals surface area (Å²) in [5, 5.41) is 0. The average molecular weight is 289 g/mol. The van der Waals surface area contributed by atoms with Crippen molar-refractivity contribution < 1.29 is 8.78 Å². The molecule has 0 unspecified atom stereocenters. The average Bonchev–Trinajstić information content (AvgIpc) is 2.66. The Labute approximate surface area is 98.7 Å². The van der Waals surface area contributed by atoms with Crippen LogP contribution in [-0.2, 0) is 0 Å². The van der Waals surface area contributed by atoms with Crippen LogP contribution in [-0.4, -0.2) is 0 Å². The van der Waals surface area contributed by atoms with Crippen LogP contribution in [0, 0.1) is 0 Å². The zero-order chi connectivity index (χ0) is 10.8. The summed E-state index contributed by atoms with van der Waals surface area (Å²) in [5.74, 6) is 0. The van der Waals surface area contributed by atoms with E-state index in [0.717, 1.165) is 26.3 Å². The fraction of sp³-hybridized carbons (Fsp3) is 0.0909. The summed E-state index contributed by atoms with van der Waals surface area (Å²) in [4.78, 5) is 0.983. The molecule has 0 fully saturated rings. The van der Waals surface area contributed by atoms with Crippen LogP contribution in [0.5, 0.6) is 0 Å². The maximum Gasteiger partial charge on any atom is 0.272 e. The number of halogens is 3. The highest BCUT2D eigenvalue weighted by Gasteiger charge is 2.10. The molecular formula is C11H7BrF2S. The molecule has 0 aliphatic carbocycles. The predicted molar refractivity (Wildman–Crippen MR) is 62.4 cm³/mol. The number of thiophene rings is 1. The van der Waals surface area contributed by atoms with Gasteiger partial charge in [-0.2, -0.15) is 0 Å². The van der Waals surface area contributed by atoms with Crippen molar-refractivity contribution in [3.63, 3.8) is 0 Å². The number of alkyl halides is 2. The molecule has 1 aromatic heterocycles. The molecule has 0 amide bonds. The summed E-state index contributed by atoms with van der Waals surface area (Å²) in [6.07, 6.45) is -2.38. The Bertz CT molecular complexity index is 465. The summed E-state index contributed by atoms with van der Waals surface area (Å²) in [5.41, 5.74) is 0.960. The van der Waals surface area contributed by atoms with Gasteiger partial charge >= 0.3 is 0 Å². The molecule has 2 rings (SSSR count). The molecule has 1 aromatic carbocycles. The van der Waals surface area contributed by atoms with Crippen LogP contribution in [0.4, 0.5) is 8.78 Å². The second-order valence-corrected chi connectivity index (χ2v) is 5.04.